The van der Waals surface area contributed by atoms with E-state index in [1.54, 1.807) is 29.2 Å². The van der Waals surface area contributed by atoms with E-state index in [1.807, 2.05) is 6.20 Å². The largest absolute Gasteiger partial charge is 0.465 e. The van der Waals surface area contributed by atoms with Gasteiger partial charge in [-0.05, 0) is 23.7 Å². The van der Waals surface area contributed by atoms with Crippen LogP contribution >= 0.6 is 11.5 Å². The highest BCUT2D eigenvalue weighted by atomic mass is 32.1. The minimum absolute atomic E-state index is 0.373. The molecule has 0 saturated carbocycles. The Morgan fingerprint density at radius 1 is 1.48 bits per heavy atom. The number of hydrogen-bond acceptors (Lipinski definition) is 9. The van der Waals surface area contributed by atoms with Crippen LogP contribution in [-0.4, -0.2) is 42.6 Å². The van der Waals surface area contributed by atoms with Crippen molar-refractivity contribution < 1.29 is 9.53 Å². The molecule has 3 aromatic heterocycles. The highest BCUT2D eigenvalue weighted by Gasteiger charge is 2.12. The molecule has 3 aromatic rings. The zero-order chi connectivity index (χ0) is 16.1. The maximum absolute atomic E-state index is 11.7. The molecule has 0 bridgehead atoms. The second-order valence-electron chi connectivity index (χ2n) is 4.54. The van der Waals surface area contributed by atoms with Gasteiger partial charge in [0.05, 0.1) is 37.5 Å². The lowest BCUT2D eigenvalue weighted by atomic mass is 10.2. The molecule has 0 aliphatic carbocycles. The number of pyridine rings is 1. The van der Waals surface area contributed by atoms with Crippen molar-refractivity contribution in [3.05, 3.63) is 46.9 Å². The van der Waals surface area contributed by atoms with Crippen LogP contribution in [0.3, 0.4) is 0 Å². The van der Waals surface area contributed by atoms with Gasteiger partial charge in [-0.2, -0.15) is 0 Å². The van der Waals surface area contributed by atoms with Crippen molar-refractivity contribution in [3.8, 4) is 0 Å². The number of nitrogens with zero attached hydrogens (tertiary/aromatic N) is 6. The molecule has 0 atom stereocenters. The van der Waals surface area contributed by atoms with Gasteiger partial charge in [0, 0.05) is 6.20 Å². The number of methoxy groups -OCH3 is 1. The van der Waals surface area contributed by atoms with Gasteiger partial charge >= 0.3 is 5.97 Å². The number of nitrogens with one attached hydrogen (secondary N) is 1. The molecule has 0 unspecified atom stereocenters. The third-order valence-corrected chi connectivity index (χ3v) is 3.61. The number of carbonyl (C=O) groups excluding carboxylic acids is 1. The molecule has 0 radical (unpaired) electrons. The van der Waals surface area contributed by atoms with Gasteiger partial charge in [-0.15, -0.1) is 10.2 Å². The Morgan fingerprint density at radius 2 is 2.39 bits per heavy atom. The van der Waals surface area contributed by atoms with Gasteiger partial charge in [0.2, 0.25) is 0 Å². The van der Waals surface area contributed by atoms with Crippen molar-refractivity contribution in [1.82, 2.24) is 29.6 Å². The molecule has 0 amide bonds. The smallest absolute Gasteiger partial charge is 0.341 e. The predicted octanol–water partition coefficient (Wildman–Crippen LogP) is 0.972. The molecule has 9 nitrogen and oxygen atoms in total. The second-order valence-corrected chi connectivity index (χ2v) is 5.41. The first kappa shape index (κ1) is 15.0. The zero-order valence-corrected chi connectivity index (χ0v) is 13.0. The Kier molecular flexibility index (Phi) is 4.52. The fraction of sp³-hybridized carbons (Fsp3) is 0.231. The molecule has 0 aliphatic rings. The summed E-state index contributed by atoms with van der Waals surface area (Å²) in [4.78, 5) is 16.8. The molecule has 0 aliphatic heterocycles. The first-order valence-electron chi connectivity index (χ1n) is 6.68. The molecule has 118 valence electrons. The van der Waals surface area contributed by atoms with E-state index in [4.69, 9.17) is 4.74 Å². The Labute approximate surface area is 135 Å². The second kappa shape index (κ2) is 6.92. The summed E-state index contributed by atoms with van der Waals surface area (Å²) in [6.45, 7) is 0.962. The van der Waals surface area contributed by atoms with Crippen LogP contribution in [0.1, 0.15) is 20.9 Å². The summed E-state index contributed by atoms with van der Waals surface area (Å²) in [6.07, 6.45) is 5.11. The van der Waals surface area contributed by atoms with Crippen LogP contribution in [0.5, 0.6) is 0 Å². The highest BCUT2D eigenvalue weighted by Crippen LogP contribution is 2.13. The maximum atomic E-state index is 11.7. The van der Waals surface area contributed by atoms with E-state index in [-0.39, 0.29) is 0 Å². The van der Waals surface area contributed by atoms with Crippen LogP contribution in [0.4, 0.5) is 5.82 Å². The summed E-state index contributed by atoms with van der Waals surface area (Å²) in [5.74, 6) is 0.00232. The van der Waals surface area contributed by atoms with Crippen LogP contribution < -0.4 is 5.32 Å². The lowest BCUT2D eigenvalue weighted by Crippen LogP contribution is -2.10. The fourth-order valence-electron chi connectivity index (χ4n) is 1.91. The lowest BCUT2D eigenvalue weighted by Gasteiger charge is -2.07. The van der Waals surface area contributed by atoms with Crippen LogP contribution in [0.2, 0.25) is 0 Å². The quantitative estimate of drug-likeness (QED) is 0.666. The first-order valence-corrected chi connectivity index (χ1v) is 7.46. The predicted molar refractivity (Wildman–Crippen MR) is 81.9 cm³/mol. The van der Waals surface area contributed by atoms with Gasteiger partial charge in [-0.3, -0.25) is 0 Å². The van der Waals surface area contributed by atoms with E-state index < -0.39 is 5.97 Å². The molecule has 0 saturated heterocycles. The molecule has 3 rings (SSSR count). The van der Waals surface area contributed by atoms with Gasteiger partial charge < -0.3 is 10.1 Å². The molecule has 0 aromatic carbocycles. The van der Waals surface area contributed by atoms with Gasteiger partial charge in [-0.1, -0.05) is 9.70 Å². The van der Waals surface area contributed by atoms with Crippen molar-refractivity contribution in [2.45, 2.75) is 13.1 Å². The number of esters is 1. The topological polar surface area (TPSA) is 108 Å². The van der Waals surface area contributed by atoms with Crippen molar-refractivity contribution >= 4 is 23.3 Å². The summed E-state index contributed by atoms with van der Waals surface area (Å²) < 4.78 is 10.2. The van der Waals surface area contributed by atoms with Crippen LogP contribution in [0.15, 0.2) is 30.7 Å². The summed E-state index contributed by atoms with van der Waals surface area (Å²) in [5, 5.41) is 15.0. The molecule has 0 fully saturated rings. The summed E-state index contributed by atoms with van der Waals surface area (Å²) in [7, 11) is 1.33. The minimum atomic E-state index is -0.443. The normalized spacial score (nSPS) is 10.5. The molecule has 1 N–H and O–H groups in total. The van der Waals surface area contributed by atoms with Crippen molar-refractivity contribution in [2.24, 2.45) is 0 Å². The van der Waals surface area contributed by atoms with Crippen molar-refractivity contribution in [1.29, 1.82) is 0 Å². The number of aromatic nitrogens is 6. The highest BCUT2D eigenvalue weighted by molar-refractivity contribution is 7.05. The molecule has 3 heterocycles. The lowest BCUT2D eigenvalue weighted by molar-refractivity contribution is 0.0601. The molecular weight excluding hydrogens is 318 g/mol. The van der Waals surface area contributed by atoms with E-state index in [0.29, 0.717) is 24.5 Å². The average Bonchev–Trinajstić information content (AvgIpc) is 3.25. The van der Waals surface area contributed by atoms with E-state index in [1.165, 1.54) is 18.6 Å². The van der Waals surface area contributed by atoms with Gasteiger partial charge in [-0.25, -0.2) is 14.5 Å². The minimum Gasteiger partial charge on any atom is -0.465 e. The van der Waals surface area contributed by atoms with Crippen molar-refractivity contribution in [3.63, 3.8) is 0 Å². The number of carbonyl (C=O) groups is 1. The van der Waals surface area contributed by atoms with E-state index in [9.17, 15) is 4.79 Å². The average molecular weight is 331 g/mol. The standard InChI is InChI=1S/C13H13N7O2S/c1-22-13(21)11-3-2-4-14-12(11)15-5-9-7-20(18-17-9)8-10-6-16-19-23-10/h2-4,6-7H,5,8H2,1H3,(H,14,15). The Hall–Kier alpha value is -2.88. The monoisotopic (exact) mass is 331 g/mol. The van der Waals surface area contributed by atoms with E-state index in [0.717, 1.165) is 10.6 Å². The van der Waals surface area contributed by atoms with Gasteiger partial charge in [0.15, 0.2) is 0 Å². The number of rotatable bonds is 6. The molecule has 0 spiro atoms. The summed E-state index contributed by atoms with van der Waals surface area (Å²) in [5.41, 5.74) is 1.10. The van der Waals surface area contributed by atoms with Gasteiger partial charge in [0.1, 0.15) is 17.1 Å². The first-order chi connectivity index (χ1) is 11.3. The molecule has 23 heavy (non-hydrogen) atoms. The Bertz CT molecular complexity index is 787. The number of anilines is 1. The zero-order valence-electron chi connectivity index (χ0n) is 12.2. The number of hydrogen-bond donors (Lipinski definition) is 1. The van der Waals surface area contributed by atoms with Gasteiger partial charge in [0.25, 0.3) is 0 Å². The van der Waals surface area contributed by atoms with E-state index in [2.05, 4.69) is 30.2 Å². The molecule has 10 heteroatoms. The van der Waals surface area contributed by atoms with Crippen LogP contribution in [-0.2, 0) is 17.8 Å². The summed E-state index contributed by atoms with van der Waals surface area (Å²) >= 11 is 1.32. The Morgan fingerprint density at radius 3 is 3.17 bits per heavy atom. The third-order valence-electron chi connectivity index (χ3n) is 2.96. The fourth-order valence-corrected chi connectivity index (χ4v) is 2.39. The SMILES string of the molecule is COC(=O)c1cccnc1NCc1cn(Cc2cnns2)nn1. The van der Waals surface area contributed by atoms with Crippen LogP contribution in [0, 0.1) is 0 Å². The van der Waals surface area contributed by atoms with Crippen LogP contribution in [0.25, 0.3) is 0 Å². The summed E-state index contributed by atoms with van der Waals surface area (Å²) in [6, 6.07) is 3.33. The maximum Gasteiger partial charge on any atom is 0.341 e. The molecular formula is C13H13N7O2S. The van der Waals surface area contributed by atoms with Crippen molar-refractivity contribution in [2.75, 3.05) is 12.4 Å². The third kappa shape index (κ3) is 3.66. The Balaban J connectivity index is 1.65. The van der Waals surface area contributed by atoms with E-state index >= 15 is 0 Å². The number of ether oxygens (including phenoxy) is 1.